The molecule has 0 saturated carbocycles. The summed E-state index contributed by atoms with van der Waals surface area (Å²) in [5.74, 6) is -1.38. The first-order chi connectivity index (χ1) is 17.0. The number of ether oxygens (including phenoxy) is 1. The molecule has 0 aliphatic heterocycles. The van der Waals surface area contributed by atoms with E-state index in [4.69, 9.17) is 9.84 Å². The van der Waals surface area contributed by atoms with Gasteiger partial charge in [0.2, 0.25) is 11.8 Å². The standard InChI is InChI=1S/C29H47N3O5/c1-19(2)22(16-20(3)17-37-18-23(33)34)32(10)27(36)25(28(4,5)6)31-26(35)24(30-9)29(7,8)21-14-12-11-13-15-21/h11-16,19,22,24-25,30H,17-18H2,1-10H3,(H,31,35)(H,33,34)/b20-16+/t22-,24-,25?/m1/s1. The molecule has 37 heavy (non-hydrogen) atoms. The number of carbonyl (C=O) groups is 3. The molecule has 3 N–H and O–H groups in total. The number of carboxylic acid groups (broad SMARTS) is 1. The molecule has 1 rings (SSSR count). The molecule has 8 nitrogen and oxygen atoms in total. The van der Waals surface area contributed by atoms with Gasteiger partial charge in [0.05, 0.1) is 18.7 Å². The molecule has 0 radical (unpaired) electrons. The average molecular weight is 518 g/mol. The Labute approximate surface area is 222 Å². The number of carboxylic acids is 1. The molecule has 0 bridgehead atoms. The predicted octanol–water partition coefficient (Wildman–Crippen LogP) is 3.61. The van der Waals surface area contributed by atoms with Gasteiger partial charge in [-0.3, -0.25) is 9.59 Å². The van der Waals surface area contributed by atoms with Gasteiger partial charge in [-0.05, 0) is 36.4 Å². The highest BCUT2D eigenvalue weighted by Gasteiger charge is 2.41. The summed E-state index contributed by atoms with van der Waals surface area (Å²) in [5.41, 5.74) is 0.788. The van der Waals surface area contributed by atoms with Crippen LogP contribution in [0.5, 0.6) is 0 Å². The van der Waals surface area contributed by atoms with Gasteiger partial charge < -0.3 is 25.4 Å². The molecular weight excluding hydrogens is 470 g/mol. The third kappa shape index (κ3) is 9.27. The van der Waals surface area contributed by atoms with Crippen molar-refractivity contribution in [2.45, 2.75) is 78.9 Å². The van der Waals surface area contributed by atoms with Gasteiger partial charge in [-0.15, -0.1) is 0 Å². The molecule has 0 aromatic heterocycles. The number of carbonyl (C=O) groups excluding carboxylic acids is 2. The fourth-order valence-corrected chi connectivity index (χ4v) is 4.47. The van der Waals surface area contributed by atoms with Gasteiger partial charge in [-0.1, -0.05) is 84.9 Å². The molecule has 0 spiro atoms. The van der Waals surface area contributed by atoms with Crippen LogP contribution in [0.25, 0.3) is 0 Å². The first-order valence-corrected chi connectivity index (χ1v) is 12.8. The van der Waals surface area contributed by atoms with Crippen LogP contribution in [0.4, 0.5) is 0 Å². The van der Waals surface area contributed by atoms with Crippen molar-refractivity contribution in [1.29, 1.82) is 0 Å². The third-order valence-electron chi connectivity index (χ3n) is 6.68. The zero-order valence-corrected chi connectivity index (χ0v) is 24.2. The highest BCUT2D eigenvalue weighted by molar-refractivity contribution is 5.91. The zero-order valence-electron chi connectivity index (χ0n) is 24.2. The van der Waals surface area contributed by atoms with Crippen molar-refractivity contribution in [2.75, 3.05) is 27.3 Å². The van der Waals surface area contributed by atoms with Gasteiger partial charge in [0, 0.05) is 12.5 Å². The second-order valence-corrected chi connectivity index (χ2v) is 11.7. The number of nitrogens with one attached hydrogen (secondary N) is 2. The van der Waals surface area contributed by atoms with Crippen LogP contribution in [0, 0.1) is 11.3 Å². The molecule has 208 valence electrons. The highest BCUT2D eigenvalue weighted by atomic mass is 16.5. The summed E-state index contributed by atoms with van der Waals surface area (Å²) in [7, 11) is 3.49. The summed E-state index contributed by atoms with van der Waals surface area (Å²) >= 11 is 0. The molecule has 0 saturated heterocycles. The maximum absolute atomic E-state index is 13.8. The second kappa shape index (κ2) is 13.7. The minimum absolute atomic E-state index is 0.0850. The summed E-state index contributed by atoms with van der Waals surface area (Å²) in [4.78, 5) is 39.9. The number of aliphatic carboxylic acids is 1. The Bertz CT molecular complexity index is 935. The molecule has 1 aromatic rings. The number of amides is 2. The molecule has 0 fully saturated rings. The Morgan fingerprint density at radius 2 is 1.59 bits per heavy atom. The van der Waals surface area contributed by atoms with E-state index in [-0.39, 0.29) is 37.0 Å². The molecule has 1 unspecified atom stereocenters. The van der Waals surface area contributed by atoms with E-state index in [1.807, 2.05) is 91.8 Å². The maximum Gasteiger partial charge on any atom is 0.329 e. The Hall–Kier alpha value is -2.71. The Kier molecular flexibility index (Phi) is 12.0. The van der Waals surface area contributed by atoms with Crippen LogP contribution in [-0.2, 0) is 24.5 Å². The lowest BCUT2D eigenvalue weighted by molar-refractivity contribution is -0.141. The predicted molar refractivity (Wildman–Crippen MR) is 147 cm³/mol. The molecule has 0 aliphatic carbocycles. The van der Waals surface area contributed by atoms with E-state index in [1.54, 1.807) is 19.0 Å². The van der Waals surface area contributed by atoms with Crippen LogP contribution >= 0.6 is 0 Å². The fourth-order valence-electron chi connectivity index (χ4n) is 4.47. The van der Waals surface area contributed by atoms with Crippen LogP contribution in [0.3, 0.4) is 0 Å². The lowest BCUT2D eigenvalue weighted by Gasteiger charge is -2.40. The first kappa shape index (κ1) is 32.3. The van der Waals surface area contributed by atoms with E-state index in [9.17, 15) is 14.4 Å². The minimum Gasteiger partial charge on any atom is -0.480 e. The summed E-state index contributed by atoms with van der Waals surface area (Å²) in [6.45, 7) is 15.5. The van der Waals surface area contributed by atoms with Crippen molar-refractivity contribution >= 4 is 17.8 Å². The average Bonchev–Trinajstić information content (AvgIpc) is 2.79. The number of hydrogen-bond acceptors (Lipinski definition) is 5. The lowest BCUT2D eigenvalue weighted by Crippen LogP contribution is -2.61. The summed E-state index contributed by atoms with van der Waals surface area (Å²) in [5, 5.41) is 15.0. The number of nitrogens with zero attached hydrogens (tertiary/aromatic N) is 1. The zero-order chi connectivity index (χ0) is 28.6. The Balaban J connectivity index is 3.20. The van der Waals surface area contributed by atoms with Gasteiger partial charge >= 0.3 is 5.97 Å². The summed E-state index contributed by atoms with van der Waals surface area (Å²) < 4.78 is 5.20. The Morgan fingerprint density at radius 3 is 2.05 bits per heavy atom. The van der Waals surface area contributed by atoms with E-state index in [0.29, 0.717) is 0 Å². The molecule has 1 aromatic carbocycles. The van der Waals surface area contributed by atoms with Crippen molar-refractivity contribution in [3.05, 3.63) is 47.5 Å². The third-order valence-corrected chi connectivity index (χ3v) is 6.68. The van der Waals surface area contributed by atoms with Gasteiger partial charge in [0.15, 0.2) is 0 Å². The van der Waals surface area contributed by atoms with Gasteiger partial charge in [0.25, 0.3) is 0 Å². The Morgan fingerprint density at radius 1 is 1.03 bits per heavy atom. The largest absolute Gasteiger partial charge is 0.480 e. The first-order valence-electron chi connectivity index (χ1n) is 12.8. The maximum atomic E-state index is 13.8. The quantitative estimate of drug-likeness (QED) is 0.345. The number of likely N-dealkylation sites (N-methyl/N-ethyl adjacent to an activating group) is 2. The topological polar surface area (TPSA) is 108 Å². The molecular formula is C29H47N3O5. The van der Waals surface area contributed by atoms with Crippen LogP contribution in [0.2, 0.25) is 0 Å². The van der Waals surface area contributed by atoms with Crippen molar-refractivity contribution in [3.8, 4) is 0 Å². The van der Waals surface area contributed by atoms with Crippen LogP contribution in [-0.4, -0.2) is 73.2 Å². The molecule has 0 aliphatic rings. The van der Waals surface area contributed by atoms with Crippen molar-refractivity contribution < 1.29 is 24.2 Å². The fraction of sp³-hybridized carbons (Fsp3) is 0.621. The molecule has 3 atom stereocenters. The SMILES string of the molecule is CN[C@H](C(=O)NC(C(=O)N(C)[C@H](/C=C(\C)COCC(=O)O)C(C)C)C(C)(C)C)C(C)(C)c1ccccc1. The minimum atomic E-state index is -1.03. The second-order valence-electron chi connectivity index (χ2n) is 11.7. The highest BCUT2D eigenvalue weighted by Crippen LogP contribution is 2.29. The van der Waals surface area contributed by atoms with Gasteiger partial charge in [-0.2, -0.15) is 0 Å². The van der Waals surface area contributed by atoms with Crippen molar-refractivity contribution in [1.82, 2.24) is 15.5 Å². The van der Waals surface area contributed by atoms with Crippen LogP contribution < -0.4 is 10.6 Å². The molecule has 2 amide bonds. The smallest absolute Gasteiger partial charge is 0.329 e. The normalized spacial score (nSPS) is 15.2. The van der Waals surface area contributed by atoms with Crippen molar-refractivity contribution in [2.24, 2.45) is 11.3 Å². The van der Waals surface area contributed by atoms with Crippen molar-refractivity contribution in [3.63, 3.8) is 0 Å². The van der Waals surface area contributed by atoms with E-state index >= 15 is 0 Å². The molecule has 8 heteroatoms. The lowest BCUT2D eigenvalue weighted by atomic mass is 9.76. The summed E-state index contributed by atoms with van der Waals surface area (Å²) in [6.07, 6.45) is 1.93. The number of rotatable bonds is 13. The van der Waals surface area contributed by atoms with Crippen LogP contribution in [0.1, 0.15) is 61.0 Å². The molecule has 0 heterocycles. The van der Waals surface area contributed by atoms with E-state index < -0.39 is 28.9 Å². The van der Waals surface area contributed by atoms with E-state index in [2.05, 4.69) is 10.6 Å². The van der Waals surface area contributed by atoms with Gasteiger partial charge in [-0.25, -0.2) is 4.79 Å². The van der Waals surface area contributed by atoms with Gasteiger partial charge in [0.1, 0.15) is 12.6 Å². The van der Waals surface area contributed by atoms with E-state index in [0.717, 1.165) is 11.1 Å². The summed E-state index contributed by atoms with van der Waals surface area (Å²) in [6, 6.07) is 8.26. The number of hydrogen-bond donors (Lipinski definition) is 3. The monoisotopic (exact) mass is 517 g/mol. The van der Waals surface area contributed by atoms with Crippen LogP contribution in [0.15, 0.2) is 42.0 Å². The number of benzene rings is 1. The van der Waals surface area contributed by atoms with E-state index in [1.165, 1.54) is 0 Å².